The third-order valence-electron chi connectivity index (χ3n) is 1.59. The highest BCUT2D eigenvalue weighted by Crippen LogP contribution is 2.24. The zero-order valence-electron chi connectivity index (χ0n) is 8.59. The van der Waals surface area contributed by atoms with E-state index in [1.807, 2.05) is 13.8 Å². The van der Waals surface area contributed by atoms with E-state index in [2.05, 4.69) is 10.3 Å². The monoisotopic (exact) mass is 245 g/mol. The molecule has 0 spiro atoms. The van der Waals surface area contributed by atoms with Crippen LogP contribution in [-0.4, -0.2) is 12.0 Å². The van der Waals surface area contributed by atoms with Crippen molar-refractivity contribution in [3.05, 3.63) is 28.2 Å². The summed E-state index contributed by atoms with van der Waals surface area (Å²) in [7, 11) is 0. The molecule has 0 aliphatic carbocycles. The lowest BCUT2D eigenvalue weighted by Gasteiger charge is -2.07. The summed E-state index contributed by atoms with van der Waals surface area (Å²) in [6.07, 6.45) is 0. The third-order valence-corrected chi connectivity index (χ3v) is 2.33. The van der Waals surface area contributed by atoms with Gasteiger partial charge in [0, 0.05) is 11.7 Å². The minimum absolute atomic E-state index is 0.153. The van der Waals surface area contributed by atoms with Crippen LogP contribution in [0.5, 0.6) is 0 Å². The Morgan fingerprint density at radius 1 is 1.33 bits per heavy atom. The van der Waals surface area contributed by atoms with E-state index in [1.165, 1.54) is 0 Å². The number of aliphatic imine (C=N–C) groups is 1. The lowest BCUT2D eigenvalue weighted by molar-refractivity contribution is 0.833. The highest BCUT2D eigenvalue weighted by atomic mass is 35.5. The highest BCUT2D eigenvalue weighted by Gasteiger charge is 2.00. The van der Waals surface area contributed by atoms with Gasteiger partial charge in [-0.1, -0.05) is 23.2 Å². The van der Waals surface area contributed by atoms with Gasteiger partial charge >= 0.3 is 0 Å². The van der Waals surface area contributed by atoms with Gasteiger partial charge in [0.2, 0.25) is 0 Å². The van der Waals surface area contributed by atoms with E-state index in [0.29, 0.717) is 16.0 Å². The average Bonchev–Trinajstić information content (AvgIpc) is 2.10. The van der Waals surface area contributed by atoms with Gasteiger partial charge in [0.25, 0.3) is 0 Å². The largest absolute Gasteiger partial charge is 0.370 e. The minimum Gasteiger partial charge on any atom is -0.370 e. The average molecular weight is 246 g/mol. The Labute approximate surface area is 99.3 Å². The number of hydrogen-bond acceptors (Lipinski definition) is 1. The van der Waals surface area contributed by atoms with Crippen LogP contribution in [0.25, 0.3) is 0 Å². The molecule has 0 heterocycles. The normalized spacial score (nSPS) is 11.9. The Morgan fingerprint density at radius 2 is 2.00 bits per heavy atom. The molecule has 82 valence electrons. The molecular formula is C10H13Cl2N3. The summed E-state index contributed by atoms with van der Waals surface area (Å²) in [5.41, 5.74) is 6.43. The summed E-state index contributed by atoms with van der Waals surface area (Å²) in [5.74, 6) is 0.364. The molecule has 0 aromatic heterocycles. The Hall–Kier alpha value is -0.930. The molecule has 1 aromatic rings. The maximum atomic E-state index is 5.85. The van der Waals surface area contributed by atoms with Crippen LogP contribution in [0.15, 0.2) is 23.2 Å². The molecule has 0 atom stereocenters. The molecule has 0 saturated heterocycles. The number of hydrogen-bond donors (Lipinski definition) is 2. The quantitative estimate of drug-likeness (QED) is 0.622. The lowest BCUT2D eigenvalue weighted by Crippen LogP contribution is -2.23. The van der Waals surface area contributed by atoms with Crippen molar-refractivity contribution in [2.45, 2.75) is 19.9 Å². The van der Waals surface area contributed by atoms with Crippen LogP contribution in [-0.2, 0) is 0 Å². The molecule has 0 bridgehead atoms. The molecule has 1 rings (SSSR count). The summed E-state index contributed by atoms with van der Waals surface area (Å²) < 4.78 is 0. The highest BCUT2D eigenvalue weighted by molar-refractivity contribution is 6.42. The maximum absolute atomic E-state index is 5.85. The summed E-state index contributed by atoms with van der Waals surface area (Å²) in [5, 5.41) is 3.93. The lowest BCUT2D eigenvalue weighted by atomic mass is 10.3. The Kier molecular flexibility index (Phi) is 4.24. The van der Waals surface area contributed by atoms with E-state index in [4.69, 9.17) is 28.9 Å². The fourth-order valence-electron chi connectivity index (χ4n) is 1.03. The second-order valence-corrected chi connectivity index (χ2v) is 4.18. The molecule has 0 amide bonds. The molecule has 1 aromatic carbocycles. The SMILES string of the molecule is CC(C)N=C(N)Nc1ccc(Cl)c(Cl)c1. The second kappa shape index (κ2) is 5.24. The molecular weight excluding hydrogens is 233 g/mol. The van der Waals surface area contributed by atoms with Crippen molar-refractivity contribution in [1.82, 2.24) is 0 Å². The molecule has 0 unspecified atom stereocenters. The molecule has 5 heteroatoms. The van der Waals surface area contributed by atoms with Crippen LogP contribution < -0.4 is 11.1 Å². The van der Waals surface area contributed by atoms with Crippen molar-refractivity contribution < 1.29 is 0 Å². The van der Waals surface area contributed by atoms with E-state index < -0.39 is 0 Å². The molecule has 15 heavy (non-hydrogen) atoms. The molecule has 0 fully saturated rings. The first-order chi connectivity index (χ1) is 6.99. The fourth-order valence-corrected chi connectivity index (χ4v) is 1.33. The van der Waals surface area contributed by atoms with Crippen molar-refractivity contribution in [2.24, 2.45) is 10.7 Å². The first-order valence-electron chi connectivity index (χ1n) is 4.54. The molecule has 0 aliphatic rings. The zero-order valence-corrected chi connectivity index (χ0v) is 10.1. The van der Waals surface area contributed by atoms with Crippen molar-refractivity contribution in [1.29, 1.82) is 0 Å². The van der Waals surface area contributed by atoms with E-state index in [-0.39, 0.29) is 6.04 Å². The maximum Gasteiger partial charge on any atom is 0.193 e. The van der Waals surface area contributed by atoms with E-state index in [1.54, 1.807) is 18.2 Å². The van der Waals surface area contributed by atoms with Gasteiger partial charge in [-0.3, -0.25) is 4.99 Å². The smallest absolute Gasteiger partial charge is 0.193 e. The van der Waals surface area contributed by atoms with Gasteiger partial charge in [-0.2, -0.15) is 0 Å². The number of nitrogens with one attached hydrogen (secondary N) is 1. The topological polar surface area (TPSA) is 50.4 Å². The van der Waals surface area contributed by atoms with Gasteiger partial charge in [0.1, 0.15) is 0 Å². The van der Waals surface area contributed by atoms with Crippen LogP contribution in [0.2, 0.25) is 10.0 Å². The van der Waals surface area contributed by atoms with Gasteiger partial charge < -0.3 is 11.1 Å². The van der Waals surface area contributed by atoms with Crippen LogP contribution >= 0.6 is 23.2 Å². The molecule has 0 radical (unpaired) electrons. The van der Waals surface area contributed by atoms with Crippen molar-refractivity contribution in [3.63, 3.8) is 0 Å². The van der Waals surface area contributed by atoms with E-state index in [9.17, 15) is 0 Å². The predicted molar refractivity (Wildman–Crippen MR) is 66.8 cm³/mol. The Bertz CT molecular complexity index is 375. The summed E-state index contributed by atoms with van der Waals surface area (Å²) in [6.45, 7) is 3.90. The van der Waals surface area contributed by atoms with Crippen LogP contribution in [0, 0.1) is 0 Å². The fraction of sp³-hybridized carbons (Fsp3) is 0.300. The number of halogens is 2. The zero-order chi connectivity index (χ0) is 11.4. The van der Waals surface area contributed by atoms with Gasteiger partial charge in [0.05, 0.1) is 10.0 Å². The van der Waals surface area contributed by atoms with Gasteiger partial charge in [-0.15, -0.1) is 0 Å². The van der Waals surface area contributed by atoms with Gasteiger partial charge in [-0.05, 0) is 32.0 Å². The molecule has 0 aliphatic heterocycles. The van der Waals surface area contributed by atoms with Crippen molar-refractivity contribution in [2.75, 3.05) is 5.32 Å². The summed E-state index contributed by atoms with van der Waals surface area (Å²) >= 11 is 11.6. The molecule has 3 nitrogen and oxygen atoms in total. The number of benzene rings is 1. The van der Waals surface area contributed by atoms with Crippen molar-refractivity contribution >= 4 is 34.8 Å². The second-order valence-electron chi connectivity index (χ2n) is 3.36. The van der Waals surface area contributed by atoms with Crippen molar-refractivity contribution in [3.8, 4) is 0 Å². The van der Waals surface area contributed by atoms with Gasteiger partial charge in [0.15, 0.2) is 5.96 Å². The standard InChI is InChI=1S/C10H13Cl2N3/c1-6(2)14-10(13)15-7-3-4-8(11)9(12)5-7/h3-6H,1-2H3,(H3,13,14,15). The van der Waals surface area contributed by atoms with Crippen LogP contribution in [0.1, 0.15) is 13.8 Å². The van der Waals surface area contributed by atoms with Crippen LogP contribution in [0.3, 0.4) is 0 Å². The molecule has 0 saturated carbocycles. The number of nitrogens with two attached hydrogens (primary N) is 1. The third kappa shape index (κ3) is 3.98. The minimum atomic E-state index is 0.153. The number of nitrogens with zero attached hydrogens (tertiary/aromatic N) is 1. The Morgan fingerprint density at radius 3 is 2.53 bits per heavy atom. The van der Waals surface area contributed by atoms with E-state index >= 15 is 0 Å². The molecule has 3 N–H and O–H groups in total. The number of rotatable bonds is 2. The number of guanidine groups is 1. The predicted octanol–water partition coefficient (Wildman–Crippen LogP) is 3.13. The van der Waals surface area contributed by atoms with Crippen LogP contribution in [0.4, 0.5) is 5.69 Å². The first-order valence-corrected chi connectivity index (χ1v) is 5.30. The number of anilines is 1. The summed E-state index contributed by atoms with van der Waals surface area (Å²) in [6, 6.07) is 5.35. The van der Waals surface area contributed by atoms with Gasteiger partial charge in [-0.25, -0.2) is 0 Å². The summed E-state index contributed by atoms with van der Waals surface area (Å²) in [4.78, 5) is 4.13. The van der Waals surface area contributed by atoms with E-state index in [0.717, 1.165) is 5.69 Å². The Balaban J connectivity index is 2.77. The first kappa shape index (κ1) is 12.1.